The van der Waals surface area contributed by atoms with Crippen LogP contribution in [0.3, 0.4) is 0 Å². The molecule has 0 heterocycles. The molecule has 1 amide bonds. The van der Waals surface area contributed by atoms with Crippen LogP contribution in [0.1, 0.15) is 24.2 Å². The normalized spacial score (nSPS) is 12.3. The Labute approximate surface area is 160 Å². The van der Waals surface area contributed by atoms with Gasteiger partial charge in [0.15, 0.2) is 0 Å². The summed E-state index contributed by atoms with van der Waals surface area (Å²) in [4.78, 5) is 24.5. The van der Waals surface area contributed by atoms with Crippen LogP contribution in [0.25, 0.3) is 11.1 Å². The molecule has 150 valence electrons. The Bertz CT molecular complexity index is 822. The number of benzene rings is 2. The molecule has 1 N–H and O–H groups in total. The lowest BCUT2D eigenvalue weighted by atomic mass is 10.0. The van der Waals surface area contributed by atoms with E-state index in [2.05, 4.69) is 10.1 Å². The molecule has 0 saturated carbocycles. The molecule has 2 rings (SSSR count). The quantitative estimate of drug-likeness (QED) is 0.704. The van der Waals surface area contributed by atoms with E-state index >= 15 is 0 Å². The van der Waals surface area contributed by atoms with Crippen LogP contribution in [0.2, 0.25) is 0 Å². The van der Waals surface area contributed by atoms with Gasteiger partial charge in [-0.15, -0.1) is 0 Å². The summed E-state index contributed by atoms with van der Waals surface area (Å²) in [5.74, 6) is -1.46. The molecule has 0 aromatic heterocycles. The Morgan fingerprint density at radius 3 is 2.36 bits per heavy atom. The molecule has 0 aliphatic rings. The van der Waals surface area contributed by atoms with Gasteiger partial charge in [-0.2, -0.15) is 13.2 Å². The van der Waals surface area contributed by atoms with Crippen LogP contribution in [0.5, 0.6) is 0 Å². The van der Waals surface area contributed by atoms with Crippen LogP contribution in [0.15, 0.2) is 48.5 Å². The summed E-state index contributed by atoms with van der Waals surface area (Å²) in [6, 6.07) is 14.0. The van der Waals surface area contributed by atoms with Crippen LogP contribution in [0, 0.1) is 0 Å². The van der Waals surface area contributed by atoms with Gasteiger partial charge < -0.3 is 14.8 Å². The van der Waals surface area contributed by atoms with Gasteiger partial charge in [0.25, 0.3) is 5.91 Å². The van der Waals surface area contributed by atoms with Crippen molar-refractivity contribution in [3.63, 3.8) is 0 Å². The van der Waals surface area contributed by atoms with Crippen LogP contribution >= 0.6 is 0 Å². The first-order valence-electron chi connectivity index (χ1n) is 8.57. The number of amides is 1. The van der Waals surface area contributed by atoms with Crippen molar-refractivity contribution in [1.82, 2.24) is 0 Å². The first-order chi connectivity index (χ1) is 13.2. The number of halogens is 3. The smallest absolute Gasteiger partial charge is 0.411 e. The number of carbonyl (C=O) groups is 2. The highest BCUT2D eigenvalue weighted by Gasteiger charge is 2.30. The second-order valence-corrected chi connectivity index (χ2v) is 5.90. The Hall–Kier alpha value is -2.87. The Balaban J connectivity index is 2.25. The van der Waals surface area contributed by atoms with Gasteiger partial charge in [-0.25, -0.2) is 4.79 Å². The lowest BCUT2D eigenvalue weighted by molar-refractivity contribution is -0.184. The van der Waals surface area contributed by atoms with Crippen LogP contribution in [-0.4, -0.2) is 37.4 Å². The third kappa shape index (κ3) is 6.09. The fourth-order valence-corrected chi connectivity index (χ4v) is 2.37. The summed E-state index contributed by atoms with van der Waals surface area (Å²) in [5, 5.41) is 2.43. The molecule has 8 heteroatoms. The van der Waals surface area contributed by atoms with Crippen molar-refractivity contribution in [2.75, 3.05) is 18.5 Å². The zero-order valence-electron chi connectivity index (χ0n) is 15.4. The van der Waals surface area contributed by atoms with Gasteiger partial charge >= 0.3 is 12.1 Å². The fourth-order valence-electron chi connectivity index (χ4n) is 2.37. The third-order valence-electron chi connectivity index (χ3n) is 3.75. The summed E-state index contributed by atoms with van der Waals surface area (Å²) in [6.07, 6.45) is -5.90. The van der Waals surface area contributed by atoms with E-state index in [1.807, 2.05) is 30.3 Å². The number of nitrogens with one attached hydrogen (secondary N) is 1. The summed E-state index contributed by atoms with van der Waals surface area (Å²) >= 11 is 0. The fraction of sp³-hybridized carbons (Fsp3) is 0.300. The van der Waals surface area contributed by atoms with Crippen molar-refractivity contribution in [2.45, 2.75) is 26.1 Å². The van der Waals surface area contributed by atoms with Gasteiger partial charge in [-0.05, 0) is 37.1 Å². The molecule has 5 nitrogen and oxygen atoms in total. The van der Waals surface area contributed by atoms with E-state index in [1.54, 1.807) is 19.1 Å². The predicted molar refractivity (Wildman–Crippen MR) is 97.9 cm³/mol. The number of esters is 1. The van der Waals surface area contributed by atoms with Crippen LogP contribution < -0.4 is 5.32 Å². The largest absolute Gasteiger partial charge is 0.462 e. The molecule has 0 unspecified atom stereocenters. The second-order valence-electron chi connectivity index (χ2n) is 5.90. The number of hydrogen-bond acceptors (Lipinski definition) is 4. The standard InChI is InChI=1S/C20H20F3NO4/c1-3-27-19(26)16-11-15(14-7-5-4-6-8-14)9-10-17(16)24-18(25)13(2)28-12-20(21,22)23/h4-11,13H,3,12H2,1-2H3,(H,24,25)/t13-/m1/s1. The van der Waals surface area contributed by atoms with Crippen molar-refractivity contribution in [1.29, 1.82) is 0 Å². The SMILES string of the molecule is CCOC(=O)c1cc(-c2ccccc2)ccc1NC(=O)[C@@H](C)OCC(F)(F)F. The van der Waals surface area contributed by atoms with Crippen molar-refractivity contribution in [3.05, 3.63) is 54.1 Å². The molecule has 0 saturated heterocycles. The Morgan fingerprint density at radius 1 is 1.07 bits per heavy atom. The van der Waals surface area contributed by atoms with Gasteiger partial charge in [-0.1, -0.05) is 36.4 Å². The number of alkyl halides is 3. The highest BCUT2D eigenvalue weighted by Crippen LogP contribution is 2.26. The van der Waals surface area contributed by atoms with Gasteiger partial charge in [-0.3, -0.25) is 4.79 Å². The first-order valence-corrected chi connectivity index (χ1v) is 8.57. The van der Waals surface area contributed by atoms with E-state index in [0.717, 1.165) is 11.1 Å². The minimum Gasteiger partial charge on any atom is -0.462 e. The molecule has 2 aromatic rings. The average Bonchev–Trinajstić information content (AvgIpc) is 2.66. The lowest BCUT2D eigenvalue weighted by Crippen LogP contribution is -2.32. The summed E-state index contributed by atoms with van der Waals surface area (Å²) in [6.45, 7) is 1.43. The number of anilines is 1. The summed E-state index contributed by atoms with van der Waals surface area (Å²) in [7, 11) is 0. The van der Waals surface area contributed by atoms with Crippen LogP contribution in [-0.2, 0) is 14.3 Å². The molecule has 0 aliphatic carbocycles. The van der Waals surface area contributed by atoms with E-state index in [4.69, 9.17) is 4.74 Å². The lowest BCUT2D eigenvalue weighted by Gasteiger charge is -2.17. The minimum absolute atomic E-state index is 0.0968. The third-order valence-corrected chi connectivity index (χ3v) is 3.75. The zero-order chi connectivity index (χ0) is 20.7. The summed E-state index contributed by atoms with van der Waals surface area (Å²) < 4.78 is 46.3. The molecule has 0 spiro atoms. The van der Waals surface area contributed by atoms with Gasteiger partial charge in [0, 0.05) is 0 Å². The zero-order valence-corrected chi connectivity index (χ0v) is 15.4. The number of ether oxygens (including phenoxy) is 2. The molecule has 1 atom stereocenters. The topological polar surface area (TPSA) is 64.6 Å². The molecular formula is C20H20F3NO4. The van der Waals surface area contributed by atoms with E-state index in [9.17, 15) is 22.8 Å². The molecule has 2 aromatic carbocycles. The average molecular weight is 395 g/mol. The Kier molecular flexibility index (Phi) is 7.17. The first kappa shape index (κ1) is 21.4. The predicted octanol–water partition coefficient (Wildman–Crippen LogP) is 4.44. The molecule has 0 bridgehead atoms. The van der Waals surface area contributed by atoms with E-state index in [0.29, 0.717) is 0 Å². The maximum Gasteiger partial charge on any atom is 0.411 e. The molecule has 0 aliphatic heterocycles. The van der Waals surface area contributed by atoms with Crippen molar-refractivity contribution in [2.24, 2.45) is 0 Å². The molecular weight excluding hydrogens is 375 g/mol. The van der Waals surface area contributed by atoms with Gasteiger partial charge in [0.1, 0.15) is 12.7 Å². The highest BCUT2D eigenvalue weighted by atomic mass is 19.4. The van der Waals surface area contributed by atoms with Crippen molar-refractivity contribution in [3.8, 4) is 11.1 Å². The Morgan fingerprint density at radius 2 is 1.75 bits per heavy atom. The van der Waals surface area contributed by atoms with E-state index in [-0.39, 0.29) is 17.9 Å². The van der Waals surface area contributed by atoms with Gasteiger partial charge in [0.2, 0.25) is 0 Å². The molecule has 0 radical (unpaired) electrons. The number of hydrogen-bond donors (Lipinski definition) is 1. The van der Waals surface area contributed by atoms with E-state index < -0.39 is 30.8 Å². The maximum atomic E-state index is 12.3. The van der Waals surface area contributed by atoms with Crippen molar-refractivity contribution < 1.29 is 32.2 Å². The van der Waals surface area contributed by atoms with E-state index in [1.165, 1.54) is 13.0 Å². The highest BCUT2D eigenvalue weighted by molar-refractivity contribution is 6.03. The second kappa shape index (κ2) is 9.36. The monoisotopic (exact) mass is 395 g/mol. The van der Waals surface area contributed by atoms with Gasteiger partial charge in [0.05, 0.1) is 17.9 Å². The van der Waals surface area contributed by atoms with Crippen molar-refractivity contribution >= 4 is 17.6 Å². The number of carbonyl (C=O) groups excluding carboxylic acids is 2. The minimum atomic E-state index is -4.54. The number of rotatable bonds is 7. The molecule has 28 heavy (non-hydrogen) atoms. The van der Waals surface area contributed by atoms with Crippen LogP contribution in [0.4, 0.5) is 18.9 Å². The molecule has 0 fully saturated rings. The maximum absolute atomic E-state index is 12.3. The summed E-state index contributed by atoms with van der Waals surface area (Å²) in [5.41, 5.74) is 1.81.